The van der Waals surface area contributed by atoms with Gasteiger partial charge in [0.25, 0.3) is 9.05 Å². The van der Waals surface area contributed by atoms with Gasteiger partial charge in [0.2, 0.25) is 0 Å². The minimum absolute atomic E-state index is 0.120. The first-order valence-corrected chi connectivity index (χ1v) is 6.63. The summed E-state index contributed by atoms with van der Waals surface area (Å²) in [5.74, 6) is -1.32. The van der Waals surface area contributed by atoms with Crippen LogP contribution in [0.4, 0.5) is 13.2 Å². The number of aldehydes is 1. The van der Waals surface area contributed by atoms with Gasteiger partial charge in [-0.25, -0.2) is 8.42 Å². The van der Waals surface area contributed by atoms with E-state index in [0.29, 0.717) is 6.07 Å². The average molecular weight is 314 g/mol. The first kappa shape index (κ1) is 15.3. The molecule has 0 aliphatic carbocycles. The van der Waals surface area contributed by atoms with E-state index < -0.39 is 37.2 Å². The Morgan fingerprint density at radius 2 is 1.95 bits per heavy atom. The van der Waals surface area contributed by atoms with Crippen molar-refractivity contribution in [2.24, 2.45) is 0 Å². The summed E-state index contributed by atoms with van der Waals surface area (Å²) >= 11 is 0. The standard InChI is InChI=1S/C9H3ClF3NO4S/c10-19(16,17)7-2-1-5(3-14)6(4-15)8(7)18-9(11,12)13/h1-2,4H. The quantitative estimate of drug-likeness (QED) is 0.631. The van der Waals surface area contributed by atoms with Crippen molar-refractivity contribution in [1.29, 1.82) is 5.26 Å². The molecule has 0 N–H and O–H groups in total. The van der Waals surface area contributed by atoms with Gasteiger partial charge in [-0.1, -0.05) is 0 Å². The van der Waals surface area contributed by atoms with Gasteiger partial charge in [-0.3, -0.25) is 4.79 Å². The molecule has 0 aromatic heterocycles. The normalized spacial score (nSPS) is 11.7. The van der Waals surface area contributed by atoms with Crippen molar-refractivity contribution in [1.82, 2.24) is 0 Å². The summed E-state index contributed by atoms with van der Waals surface area (Å²) in [4.78, 5) is 9.69. The predicted molar refractivity (Wildman–Crippen MR) is 56.3 cm³/mol. The molecule has 0 saturated heterocycles. The monoisotopic (exact) mass is 313 g/mol. The number of carbonyl (C=O) groups is 1. The second-order valence-corrected chi connectivity index (χ2v) is 5.60. The van der Waals surface area contributed by atoms with Gasteiger partial charge in [0.05, 0.1) is 11.1 Å². The molecule has 0 amide bonds. The molecule has 0 bridgehead atoms. The summed E-state index contributed by atoms with van der Waals surface area (Å²) in [5, 5.41) is 8.64. The highest BCUT2D eigenvalue weighted by atomic mass is 35.7. The largest absolute Gasteiger partial charge is 0.573 e. The van der Waals surface area contributed by atoms with Crippen molar-refractivity contribution in [2.75, 3.05) is 0 Å². The summed E-state index contributed by atoms with van der Waals surface area (Å²) in [6, 6.07) is 2.93. The fourth-order valence-electron chi connectivity index (χ4n) is 1.21. The molecule has 19 heavy (non-hydrogen) atoms. The van der Waals surface area contributed by atoms with E-state index in [1.807, 2.05) is 0 Å². The van der Waals surface area contributed by atoms with Crippen molar-refractivity contribution in [2.45, 2.75) is 11.3 Å². The van der Waals surface area contributed by atoms with Gasteiger partial charge >= 0.3 is 6.36 Å². The zero-order valence-electron chi connectivity index (χ0n) is 8.73. The maximum absolute atomic E-state index is 12.2. The van der Waals surface area contributed by atoms with Gasteiger partial charge in [0.15, 0.2) is 12.0 Å². The minimum Gasteiger partial charge on any atom is -0.404 e. The molecule has 1 aromatic rings. The molecule has 1 rings (SSSR count). The number of halogens is 4. The maximum atomic E-state index is 12.2. The van der Waals surface area contributed by atoms with Crippen LogP contribution in [0.2, 0.25) is 0 Å². The number of carbonyl (C=O) groups excluding carboxylic acids is 1. The summed E-state index contributed by atoms with van der Waals surface area (Å²) < 4.78 is 62.3. The van der Waals surface area contributed by atoms with E-state index in [1.54, 1.807) is 0 Å². The Hall–Kier alpha value is -1.79. The lowest BCUT2D eigenvalue weighted by Crippen LogP contribution is -2.20. The highest BCUT2D eigenvalue weighted by Crippen LogP contribution is 2.35. The van der Waals surface area contributed by atoms with Crippen molar-refractivity contribution in [3.8, 4) is 11.8 Å². The van der Waals surface area contributed by atoms with Crippen LogP contribution in [0.15, 0.2) is 17.0 Å². The Morgan fingerprint density at radius 1 is 1.37 bits per heavy atom. The molecule has 0 heterocycles. The second-order valence-electron chi connectivity index (χ2n) is 3.07. The maximum Gasteiger partial charge on any atom is 0.573 e. The molecule has 0 aliphatic heterocycles. The fourth-order valence-corrected chi connectivity index (χ4v) is 2.18. The fraction of sp³-hybridized carbons (Fsp3) is 0.111. The van der Waals surface area contributed by atoms with Gasteiger partial charge in [-0.15, -0.1) is 13.2 Å². The molecule has 1 aromatic carbocycles. The Balaban J connectivity index is 3.70. The zero-order chi connectivity index (χ0) is 14.8. The van der Waals surface area contributed by atoms with Crippen LogP contribution in [-0.2, 0) is 9.05 Å². The highest BCUT2D eigenvalue weighted by molar-refractivity contribution is 8.13. The Kier molecular flexibility index (Phi) is 4.07. The van der Waals surface area contributed by atoms with Crippen LogP contribution in [0, 0.1) is 11.3 Å². The van der Waals surface area contributed by atoms with Gasteiger partial charge in [0, 0.05) is 10.7 Å². The number of hydrogen-bond acceptors (Lipinski definition) is 5. The molecule has 0 fully saturated rings. The molecule has 102 valence electrons. The number of nitriles is 1. The van der Waals surface area contributed by atoms with Crippen LogP contribution in [0.25, 0.3) is 0 Å². The second kappa shape index (κ2) is 5.07. The summed E-state index contributed by atoms with van der Waals surface area (Å²) in [7, 11) is 0.359. The third-order valence-corrected chi connectivity index (χ3v) is 3.22. The minimum atomic E-state index is -5.25. The topological polar surface area (TPSA) is 84.2 Å². The summed E-state index contributed by atoms with van der Waals surface area (Å²) in [5.41, 5.74) is -1.32. The number of ether oxygens (including phenoxy) is 1. The third-order valence-electron chi connectivity index (χ3n) is 1.88. The lowest BCUT2D eigenvalue weighted by molar-refractivity contribution is -0.275. The van der Waals surface area contributed by atoms with Crippen molar-refractivity contribution in [3.05, 3.63) is 23.3 Å². The van der Waals surface area contributed by atoms with E-state index in [9.17, 15) is 26.4 Å². The highest BCUT2D eigenvalue weighted by Gasteiger charge is 2.36. The van der Waals surface area contributed by atoms with E-state index >= 15 is 0 Å². The molecule has 5 nitrogen and oxygen atoms in total. The lowest BCUT2D eigenvalue weighted by atomic mass is 10.1. The van der Waals surface area contributed by atoms with Crippen LogP contribution >= 0.6 is 10.7 Å². The van der Waals surface area contributed by atoms with Gasteiger partial charge < -0.3 is 4.74 Å². The molecule has 0 radical (unpaired) electrons. The smallest absolute Gasteiger partial charge is 0.404 e. The Morgan fingerprint density at radius 3 is 2.32 bits per heavy atom. The van der Waals surface area contributed by atoms with E-state index in [1.165, 1.54) is 6.07 Å². The van der Waals surface area contributed by atoms with Crippen LogP contribution in [0.3, 0.4) is 0 Å². The van der Waals surface area contributed by atoms with E-state index in [4.69, 9.17) is 15.9 Å². The van der Waals surface area contributed by atoms with Gasteiger partial charge in [-0.2, -0.15) is 5.26 Å². The molecule has 0 saturated carbocycles. The molecule has 10 heteroatoms. The number of rotatable bonds is 3. The molecular weight excluding hydrogens is 311 g/mol. The van der Waals surface area contributed by atoms with Crippen molar-refractivity contribution >= 4 is 26.0 Å². The number of hydrogen-bond donors (Lipinski definition) is 0. The van der Waals surface area contributed by atoms with E-state index in [-0.39, 0.29) is 6.29 Å². The lowest BCUT2D eigenvalue weighted by Gasteiger charge is -2.14. The SMILES string of the molecule is N#Cc1ccc(S(=O)(=O)Cl)c(OC(F)(F)F)c1C=O. The van der Waals surface area contributed by atoms with Crippen LogP contribution < -0.4 is 4.74 Å². The average Bonchev–Trinajstić information content (AvgIpc) is 2.24. The Labute approximate surface area is 109 Å². The number of nitrogens with zero attached hydrogens (tertiary/aromatic N) is 1. The zero-order valence-corrected chi connectivity index (χ0v) is 10.3. The molecule has 0 spiro atoms. The van der Waals surface area contributed by atoms with Crippen molar-refractivity contribution < 1.29 is 31.1 Å². The molecular formula is C9H3ClF3NO4S. The van der Waals surface area contributed by atoms with Crippen molar-refractivity contribution in [3.63, 3.8) is 0 Å². The first-order chi connectivity index (χ1) is 8.60. The summed E-state index contributed by atoms with van der Waals surface area (Å²) in [6.45, 7) is 0. The number of alkyl halides is 3. The third kappa shape index (κ3) is 3.59. The molecule has 0 aliphatic rings. The molecule has 0 atom stereocenters. The van der Waals surface area contributed by atoms with Gasteiger partial charge in [0.1, 0.15) is 11.0 Å². The van der Waals surface area contributed by atoms with Crippen LogP contribution in [0.5, 0.6) is 5.75 Å². The Bertz CT molecular complexity index is 663. The predicted octanol–water partition coefficient (Wildman–Crippen LogP) is 2.20. The van der Waals surface area contributed by atoms with Gasteiger partial charge in [-0.05, 0) is 12.1 Å². The van der Waals surface area contributed by atoms with E-state index in [0.717, 1.165) is 6.07 Å². The molecule has 0 unspecified atom stereocenters. The van der Waals surface area contributed by atoms with E-state index in [2.05, 4.69) is 4.74 Å². The van der Waals surface area contributed by atoms with Crippen LogP contribution in [-0.4, -0.2) is 21.1 Å². The first-order valence-electron chi connectivity index (χ1n) is 4.33. The summed E-state index contributed by atoms with van der Waals surface area (Å²) in [6.07, 6.45) is -5.37. The number of benzene rings is 1. The van der Waals surface area contributed by atoms with Crippen LogP contribution in [0.1, 0.15) is 15.9 Å².